The van der Waals surface area contributed by atoms with E-state index in [-0.39, 0.29) is 11.9 Å². The summed E-state index contributed by atoms with van der Waals surface area (Å²) in [6.45, 7) is 6.30. The lowest BCUT2D eigenvalue weighted by atomic mass is 10.1. The van der Waals surface area contributed by atoms with Crippen LogP contribution in [-0.2, 0) is 0 Å². The minimum atomic E-state index is -0.0596. The molecule has 15 heavy (non-hydrogen) atoms. The van der Waals surface area contributed by atoms with Gasteiger partial charge in [0.15, 0.2) is 0 Å². The molecular formula is C11H18N2OS. The van der Waals surface area contributed by atoms with Crippen molar-refractivity contribution < 1.29 is 4.79 Å². The third-order valence-corrected chi connectivity index (χ3v) is 3.03. The molecule has 1 heterocycles. The average molecular weight is 226 g/mol. The quantitative estimate of drug-likeness (QED) is 0.828. The molecule has 1 amide bonds. The lowest BCUT2D eigenvalue weighted by Gasteiger charge is -2.15. The summed E-state index contributed by atoms with van der Waals surface area (Å²) in [4.78, 5) is 12.4. The maximum Gasteiger partial charge on any atom is 0.263 e. The molecule has 4 heteroatoms. The Morgan fingerprint density at radius 1 is 1.53 bits per heavy atom. The molecule has 1 aromatic heterocycles. The van der Waals surface area contributed by atoms with Gasteiger partial charge in [0.2, 0.25) is 0 Å². The molecule has 0 saturated carbocycles. The predicted octanol–water partition coefficient (Wildman–Crippen LogP) is 2.49. The van der Waals surface area contributed by atoms with Crippen LogP contribution in [0.1, 0.15) is 36.9 Å². The first-order chi connectivity index (χ1) is 7.00. The highest BCUT2D eigenvalue weighted by Crippen LogP contribution is 2.18. The summed E-state index contributed by atoms with van der Waals surface area (Å²) < 4.78 is 0. The van der Waals surface area contributed by atoms with Gasteiger partial charge in [-0.2, -0.15) is 0 Å². The third-order valence-electron chi connectivity index (χ3n) is 2.10. The molecule has 0 fully saturated rings. The standard InChI is InChI=1S/C11H18N2OS/c1-7(2)6-8(3)13-11(14)10-9(12)4-5-15-10/h4-5,7-8H,6,12H2,1-3H3,(H,13,14). The van der Waals surface area contributed by atoms with Crippen molar-refractivity contribution in [3.8, 4) is 0 Å². The lowest BCUT2D eigenvalue weighted by Crippen LogP contribution is -2.33. The van der Waals surface area contributed by atoms with E-state index in [4.69, 9.17) is 5.73 Å². The van der Waals surface area contributed by atoms with Gasteiger partial charge in [-0.3, -0.25) is 4.79 Å². The highest BCUT2D eigenvalue weighted by atomic mass is 32.1. The second-order valence-electron chi connectivity index (χ2n) is 4.21. The SMILES string of the molecule is CC(C)CC(C)NC(=O)c1sccc1N. The monoisotopic (exact) mass is 226 g/mol. The number of hydrogen-bond acceptors (Lipinski definition) is 3. The number of hydrogen-bond donors (Lipinski definition) is 2. The van der Waals surface area contributed by atoms with Crippen molar-refractivity contribution in [2.24, 2.45) is 5.92 Å². The highest BCUT2D eigenvalue weighted by molar-refractivity contribution is 7.12. The molecule has 1 rings (SSSR count). The van der Waals surface area contributed by atoms with Crippen LogP contribution in [0.25, 0.3) is 0 Å². The van der Waals surface area contributed by atoms with Crippen molar-refractivity contribution >= 4 is 22.9 Å². The largest absolute Gasteiger partial charge is 0.397 e. The summed E-state index contributed by atoms with van der Waals surface area (Å²) in [5.74, 6) is 0.525. The molecule has 0 spiro atoms. The van der Waals surface area contributed by atoms with Crippen molar-refractivity contribution in [3.63, 3.8) is 0 Å². The Balaban J connectivity index is 2.53. The third kappa shape index (κ3) is 3.55. The minimum Gasteiger partial charge on any atom is -0.397 e. The second-order valence-corrected chi connectivity index (χ2v) is 5.13. The number of thiophene rings is 1. The molecule has 0 radical (unpaired) electrons. The van der Waals surface area contributed by atoms with E-state index in [0.29, 0.717) is 16.5 Å². The fourth-order valence-electron chi connectivity index (χ4n) is 1.56. The van der Waals surface area contributed by atoms with Crippen LogP contribution in [-0.4, -0.2) is 11.9 Å². The Morgan fingerprint density at radius 2 is 2.20 bits per heavy atom. The molecule has 0 aromatic carbocycles. The number of nitrogens with one attached hydrogen (secondary N) is 1. The van der Waals surface area contributed by atoms with Gasteiger partial charge in [-0.05, 0) is 30.7 Å². The average Bonchev–Trinajstić information content (AvgIpc) is 2.49. The van der Waals surface area contributed by atoms with E-state index in [1.165, 1.54) is 11.3 Å². The maximum absolute atomic E-state index is 11.7. The fraction of sp³-hybridized carbons (Fsp3) is 0.545. The number of nitrogen functional groups attached to an aromatic ring is 1. The summed E-state index contributed by atoms with van der Waals surface area (Å²) >= 11 is 1.38. The van der Waals surface area contributed by atoms with Crippen molar-refractivity contribution in [2.45, 2.75) is 33.2 Å². The zero-order valence-electron chi connectivity index (χ0n) is 9.41. The smallest absolute Gasteiger partial charge is 0.263 e. The number of amides is 1. The molecule has 3 N–H and O–H groups in total. The number of anilines is 1. The number of carbonyl (C=O) groups is 1. The molecule has 1 unspecified atom stereocenters. The lowest BCUT2D eigenvalue weighted by molar-refractivity contribution is 0.0941. The zero-order valence-corrected chi connectivity index (χ0v) is 10.2. The van der Waals surface area contributed by atoms with Crippen molar-refractivity contribution in [1.82, 2.24) is 5.32 Å². The molecule has 0 aliphatic rings. The van der Waals surface area contributed by atoms with Gasteiger partial charge in [-0.1, -0.05) is 13.8 Å². The molecule has 0 bridgehead atoms. The fourth-order valence-corrected chi connectivity index (χ4v) is 2.28. The van der Waals surface area contributed by atoms with E-state index in [2.05, 4.69) is 19.2 Å². The number of nitrogens with two attached hydrogens (primary N) is 1. The molecular weight excluding hydrogens is 208 g/mol. The normalized spacial score (nSPS) is 12.8. The van der Waals surface area contributed by atoms with Gasteiger partial charge in [-0.25, -0.2) is 0 Å². The van der Waals surface area contributed by atoms with Crippen LogP contribution in [0.3, 0.4) is 0 Å². The summed E-state index contributed by atoms with van der Waals surface area (Å²) in [6.07, 6.45) is 0.983. The second kappa shape index (κ2) is 5.16. The Labute approximate surface area is 94.7 Å². The van der Waals surface area contributed by atoms with Crippen LogP contribution in [0.2, 0.25) is 0 Å². The molecule has 0 saturated heterocycles. The van der Waals surface area contributed by atoms with E-state index in [1.54, 1.807) is 6.07 Å². The van der Waals surface area contributed by atoms with Crippen LogP contribution in [0.4, 0.5) is 5.69 Å². The van der Waals surface area contributed by atoms with E-state index in [9.17, 15) is 4.79 Å². The van der Waals surface area contributed by atoms with Crippen molar-refractivity contribution in [2.75, 3.05) is 5.73 Å². The summed E-state index contributed by atoms with van der Waals surface area (Å²) in [7, 11) is 0. The van der Waals surface area contributed by atoms with Gasteiger partial charge >= 0.3 is 0 Å². The van der Waals surface area contributed by atoms with Gasteiger partial charge in [0.25, 0.3) is 5.91 Å². The van der Waals surface area contributed by atoms with Gasteiger partial charge < -0.3 is 11.1 Å². The van der Waals surface area contributed by atoms with Crippen LogP contribution in [0.5, 0.6) is 0 Å². The van der Waals surface area contributed by atoms with E-state index in [1.807, 2.05) is 12.3 Å². The van der Waals surface area contributed by atoms with Crippen LogP contribution in [0.15, 0.2) is 11.4 Å². The number of carbonyl (C=O) groups excluding carboxylic acids is 1. The van der Waals surface area contributed by atoms with Crippen LogP contribution < -0.4 is 11.1 Å². The molecule has 84 valence electrons. The van der Waals surface area contributed by atoms with E-state index in [0.717, 1.165) is 6.42 Å². The van der Waals surface area contributed by atoms with Gasteiger partial charge in [0.1, 0.15) is 4.88 Å². The summed E-state index contributed by atoms with van der Waals surface area (Å²) in [5.41, 5.74) is 6.23. The van der Waals surface area contributed by atoms with Crippen molar-refractivity contribution in [3.05, 3.63) is 16.3 Å². The first kappa shape index (κ1) is 12.0. The van der Waals surface area contributed by atoms with Crippen molar-refractivity contribution in [1.29, 1.82) is 0 Å². The first-order valence-electron chi connectivity index (χ1n) is 5.14. The Hall–Kier alpha value is -1.03. The predicted molar refractivity (Wildman–Crippen MR) is 65.1 cm³/mol. The van der Waals surface area contributed by atoms with E-state index >= 15 is 0 Å². The number of rotatable bonds is 4. The van der Waals surface area contributed by atoms with Crippen LogP contribution in [0, 0.1) is 5.92 Å². The Morgan fingerprint density at radius 3 is 2.67 bits per heavy atom. The van der Waals surface area contributed by atoms with Gasteiger partial charge in [0, 0.05) is 6.04 Å². The molecule has 1 aromatic rings. The topological polar surface area (TPSA) is 55.1 Å². The molecule has 1 atom stereocenters. The summed E-state index contributed by atoms with van der Waals surface area (Å²) in [5, 5.41) is 4.78. The highest BCUT2D eigenvalue weighted by Gasteiger charge is 2.14. The van der Waals surface area contributed by atoms with Gasteiger partial charge in [0.05, 0.1) is 5.69 Å². The molecule has 3 nitrogen and oxygen atoms in total. The maximum atomic E-state index is 11.7. The molecule has 0 aliphatic carbocycles. The molecule has 0 aliphatic heterocycles. The van der Waals surface area contributed by atoms with E-state index < -0.39 is 0 Å². The summed E-state index contributed by atoms with van der Waals surface area (Å²) in [6, 6.07) is 1.95. The van der Waals surface area contributed by atoms with Gasteiger partial charge in [-0.15, -0.1) is 11.3 Å². The minimum absolute atomic E-state index is 0.0596. The Bertz CT molecular complexity index is 333. The Kier molecular flexibility index (Phi) is 4.15. The zero-order chi connectivity index (χ0) is 11.4. The van der Waals surface area contributed by atoms with Crippen LogP contribution >= 0.6 is 11.3 Å². The first-order valence-corrected chi connectivity index (χ1v) is 6.02.